The first-order valence-electron chi connectivity index (χ1n) is 5.23. The minimum absolute atomic E-state index is 0.169. The molecular formula is C12H18O3. The third kappa shape index (κ3) is 4.81. The largest absolute Gasteiger partial charge is 0.493 e. The van der Waals surface area contributed by atoms with Crippen molar-refractivity contribution in [3.63, 3.8) is 0 Å². The van der Waals surface area contributed by atoms with E-state index in [-0.39, 0.29) is 12.7 Å². The number of aliphatic hydroxyl groups excluding tert-OH is 2. The molecule has 3 nitrogen and oxygen atoms in total. The van der Waals surface area contributed by atoms with Crippen molar-refractivity contribution < 1.29 is 14.9 Å². The van der Waals surface area contributed by atoms with E-state index in [1.807, 2.05) is 24.3 Å². The second kappa shape index (κ2) is 6.43. The fourth-order valence-electron chi connectivity index (χ4n) is 1.23. The van der Waals surface area contributed by atoms with Gasteiger partial charge in [-0.1, -0.05) is 12.1 Å². The lowest BCUT2D eigenvalue weighted by molar-refractivity contribution is 0.155. The smallest absolute Gasteiger partial charge is 0.119 e. The van der Waals surface area contributed by atoms with Crippen molar-refractivity contribution in [1.82, 2.24) is 0 Å². The normalized spacial score (nSPS) is 12.5. The van der Waals surface area contributed by atoms with Crippen molar-refractivity contribution >= 4 is 0 Å². The third-order valence-electron chi connectivity index (χ3n) is 2.13. The molecule has 0 fully saturated rings. The molecule has 0 heterocycles. The Balaban J connectivity index is 2.36. The van der Waals surface area contributed by atoms with Gasteiger partial charge in [-0.3, -0.25) is 0 Å². The van der Waals surface area contributed by atoms with Gasteiger partial charge in [0.2, 0.25) is 0 Å². The molecule has 1 rings (SSSR count). The highest BCUT2D eigenvalue weighted by Gasteiger charge is 1.98. The summed E-state index contributed by atoms with van der Waals surface area (Å²) in [5.74, 6) is 0.803. The van der Waals surface area contributed by atoms with Crippen LogP contribution in [0, 0.1) is 0 Å². The number of aliphatic hydroxyl groups is 2. The standard InChI is InChI=1S/C12H18O3/c1-10(14)7-9-15-12-4-2-11(3-5-12)6-8-13/h2-5,10,13-14H,6-9H2,1H3. The Hall–Kier alpha value is -1.06. The molecule has 84 valence electrons. The molecule has 1 aromatic carbocycles. The predicted octanol–water partition coefficient (Wildman–Crippen LogP) is 1.37. The van der Waals surface area contributed by atoms with Gasteiger partial charge in [0.25, 0.3) is 0 Å². The Morgan fingerprint density at radius 3 is 2.47 bits per heavy atom. The van der Waals surface area contributed by atoms with Gasteiger partial charge < -0.3 is 14.9 Å². The van der Waals surface area contributed by atoms with Crippen LogP contribution in [0.2, 0.25) is 0 Å². The van der Waals surface area contributed by atoms with E-state index in [2.05, 4.69) is 0 Å². The molecule has 0 saturated heterocycles. The van der Waals surface area contributed by atoms with E-state index in [9.17, 15) is 0 Å². The number of hydrogen-bond acceptors (Lipinski definition) is 3. The first-order chi connectivity index (χ1) is 7.22. The molecule has 0 saturated carbocycles. The Labute approximate surface area is 90.3 Å². The Bertz CT molecular complexity index is 267. The highest BCUT2D eigenvalue weighted by molar-refractivity contribution is 5.27. The summed E-state index contributed by atoms with van der Waals surface area (Å²) in [6, 6.07) is 7.64. The molecule has 0 bridgehead atoms. The van der Waals surface area contributed by atoms with E-state index >= 15 is 0 Å². The van der Waals surface area contributed by atoms with Gasteiger partial charge in [-0.2, -0.15) is 0 Å². The van der Waals surface area contributed by atoms with Crippen LogP contribution in [-0.4, -0.2) is 29.5 Å². The number of hydrogen-bond donors (Lipinski definition) is 2. The van der Waals surface area contributed by atoms with Crippen molar-refractivity contribution in [3.8, 4) is 5.75 Å². The zero-order valence-electron chi connectivity index (χ0n) is 9.02. The van der Waals surface area contributed by atoms with Crippen molar-refractivity contribution in [1.29, 1.82) is 0 Å². The quantitative estimate of drug-likeness (QED) is 0.745. The van der Waals surface area contributed by atoms with Crippen LogP contribution >= 0.6 is 0 Å². The van der Waals surface area contributed by atoms with E-state index in [1.54, 1.807) is 6.92 Å². The summed E-state index contributed by atoms with van der Waals surface area (Å²) in [5, 5.41) is 17.8. The molecule has 2 N–H and O–H groups in total. The van der Waals surface area contributed by atoms with Crippen LogP contribution in [-0.2, 0) is 6.42 Å². The predicted molar refractivity (Wildman–Crippen MR) is 59.0 cm³/mol. The molecule has 0 radical (unpaired) electrons. The second-order valence-electron chi connectivity index (χ2n) is 3.60. The molecule has 0 aliphatic rings. The molecule has 0 spiro atoms. The third-order valence-corrected chi connectivity index (χ3v) is 2.13. The lowest BCUT2D eigenvalue weighted by Gasteiger charge is -2.08. The zero-order valence-corrected chi connectivity index (χ0v) is 9.02. The second-order valence-corrected chi connectivity index (χ2v) is 3.60. The van der Waals surface area contributed by atoms with E-state index in [0.717, 1.165) is 11.3 Å². The SMILES string of the molecule is CC(O)CCOc1ccc(CCO)cc1. The molecular weight excluding hydrogens is 192 g/mol. The van der Waals surface area contributed by atoms with Gasteiger partial charge in [0.1, 0.15) is 5.75 Å². The van der Waals surface area contributed by atoms with Gasteiger partial charge in [-0.25, -0.2) is 0 Å². The monoisotopic (exact) mass is 210 g/mol. The molecule has 0 aromatic heterocycles. The minimum atomic E-state index is -0.321. The summed E-state index contributed by atoms with van der Waals surface area (Å²) in [6.45, 7) is 2.44. The number of rotatable bonds is 6. The number of ether oxygens (including phenoxy) is 1. The Morgan fingerprint density at radius 2 is 1.93 bits per heavy atom. The Morgan fingerprint density at radius 1 is 1.27 bits per heavy atom. The average molecular weight is 210 g/mol. The zero-order chi connectivity index (χ0) is 11.1. The van der Waals surface area contributed by atoms with Crippen molar-refractivity contribution in [3.05, 3.63) is 29.8 Å². The van der Waals surface area contributed by atoms with Gasteiger partial charge in [0, 0.05) is 13.0 Å². The first kappa shape index (κ1) is 12.0. The van der Waals surface area contributed by atoms with Crippen LogP contribution in [0.3, 0.4) is 0 Å². The van der Waals surface area contributed by atoms with Crippen LogP contribution in [0.15, 0.2) is 24.3 Å². The molecule has 15 heavy (non-hydrogen) atoms. The van der Waals surface area contributed by atoms with Crippen LogP contribution in [0.25, 0.3) is 0 Å². The summed E-state index contributed by atoms with van der Waals surface area (Å²) >= 11 is 0. The molecule has 0 aliphatic carbocycles. The maximum absolute atomic E-state index is 9.04. The van der Waals surface area contributed by atoms with Crippen molar-refractivity contribution in [2.75, 3.05) is 13.2 Å². The van der Waals surface area contributed by atoms with Crippen LogP contribution in [0.4, 0.5) is 0 Å². The van der Waals surface area contributed by atoms with Crippen LogP contribution < -0.4 is 4.74 Å². The molecule has 1 atom stereocenters. The first-order valence-corrected chi connectivity index (χ1v) is 5.23. The lowest BCUT2D eigenvalue weighted by atomic mass is 10.1. The molecule has 0 aliphatic heterocycles. The van der Waals surface area contributed by atoms with Crippen molar-refractivity contribution in [2.24, 2.45) is 0 Å². The maximum Gasteiger partial charge on any atom is 0.119 e. The fraction of sp³-hybridized carbons (Fsp3) is 0.500. The summed E-state index contributed by atoms with van der Waals surface area (Å²) in [7, 11) is 0. The summed E-state index contributed by atoms with van der Waals surface area (Å²) in [4.78, 5) is 0. The molecule has 0 amide bonds. The minimum Gasteiger partial charge on any atom is -0.493 e. The molecule has 1 unspecified atom stereocenters. The topological polar surface area (TPSA) is 49.7 Å². The maximum atomic E-state index is 9.04. The van der Waals surface area contributed by atoms with Gasteiger partial charge in [-0.05, 0) is 31.0 Å². The Kier molecular flexibility index (Phi) is 5.15. The molecule has 3 heteroatoms. The van der Waals surface area contributed by atoms with Crippen LogP contribution in [0.1, 0.15) is 18.9 Å². The summed E-state index contributed by atoms with van der Waals surface area (Å²) in [5.41, 5.74) is 1.10. The van der Waals surface area contributed by atoms with E-state index in [4.69, 9.17) is 14.9 Å². The van der Waals surface area contributed by atoms with E-state index < -0.39 is 0 Å². The van der Waals surface area contributed by atoms with E-state index in [0.29, 0.717) is 19.4 Å². The summed E-state index contributed by atoms with van der Waals surface area (Å²) in [6.07, 6.45) is 0.991. The van der Waals surface area contributed by atoms with Gasteiger partial charge in [0.05, 0.1) is 12.7 Å². The fourth-order valence-corrected chi connectivity index (χ4v) is 1.23. The van der Waals surface area contributed by atoms with Gasteiger partial charge in [-0.15, -0.1) is 0 Å². The molecule has 1 aromatic rings. The highest BCUT2D eigenvalue weighted by Crippen LogP contribution is 2.12. The number of benzene rings is 1. The van der Waals surface area contributed by atoms with Gasteiger partial charge >= 0.3 is 0 Å². The van der Waals surface area contributed by atoms with Crippen LogP contribution in [0.5, 0.6) is 5.75 Å². The average Bonchev–Trinajstić information content (AvgIpc) is 2.20. The summed E-state index contributed by atoms with van der Waals surface area (Å²) < 4.78 is 5.43. The highest BCUT2D eigenvalue weighted by atomic mass is 16.5. The van der Waals surface area contributed by atoms with Crippen molar-refractivity contribution in [2.45, 2.75) is 25.9 Å². The van der Waals surface area contributed by atoms with Gasteiger partial charge in [0.15, 0.2) is 0 Å². The van der Waals surface area contributed by atoms with E-state index in [1.165, 1.54) is 0 Å². The lowest BCUT2D eigenvalue weighted by Crippen LogP contribution is -2.07.